The van der Waals surface area contributed by atoms with Crippen molar-refractivity contribution in [1.82, 2.24) is 15.0 Å². The van der Waals surface area contributed by atoms with Gasteiger partial charge in [-0.1, -0.05) is 18.5 Å². The van der Waals surface area contributed by atoms with E-state index >= 15 is 0 Å². The number of hydrogen-bond acceptors (Lipinski definition) is 5. The van der Waals surface area contributed by atoms with Gasteiger partial charge in [-0.15, -0.1) is 0 Å². The summed E-state index contributed by atoms with van der Waals surface area (Å²) in [4.78, 5) is 31.7. The van der Waals surface area contributed by atoms with E-state index in [0.29, 0.717) is 17.9 Å². The average Bonchev–Trinajstić information content (AvgIpc) is 3.13. The van der Waals surface area contributed by atoms with E-state index in [2.05, 4.69) is 17.1 Å². The predicted molar refractivity (Wildman–Crippen MR) is 87.2 cm³/mol. The Kier molecular flexibility index (Phi) is 4.78. The molecule has 1 saturated heterocycles. The summed E-state index contributed by atoms with van der Waals surface area (Å²) in [6.45, 7) is 3.62. The average molecular weight is 346 g/mol. The normalized spacial score (nSPS) is 17.6. The molecule has 2 aromatic rings. The van der Waals surface area contributed by atoms with Crippen LogP contribution < -0.4 is 4.90 Å². The van der Waals surface area contributed by atoms with Crippen LogP contribution in [0.4, 0.5) is 14.9 Å². The van der Waals surface area contributed by atoms with Crippen LogP contribution in [0.3, 0.4) is 0 Å². The third-order valence-electron chi connectivity index (χ3n) is 4.11. The summed E-state index contributed by atoms with van der Waals surface area (Å²) in [5.74, 6) is 0.0275. The van der Waals surface area contributed by atoms with Crippen LogP contribution in [-0.4, -0.2) is 33.0 Å². The lowest BCUT2D eigenvalue weighted by Crippen LogP contribution is -2.33. The Hall–Kier alpha value is -2.77. The first-order valence-electron chi connectivity index (χ1n) is 8.23. The largest absolute Gasteiger partial charge is 0.337 e. The highest BCUT2D eigenvalue weighted by atomic mass is 19.1. The fourth-order valence-corrected chi connectivity index (χ4v) is 2.73. The monoisotopic (exact) mass is 346 g/mol. The molecule has 132 valence electrons. The van der Waals surface area contributed by atoms with Gasteiger partial charge in [-0.3, -0.25) is 14.6 Å². The van der Waals surface area contributed by atoms with E-state index in [4.69, 9.17) is 4.52 Å². The van der Waals surface area contributed by atoms with Gasteiger partial charge in [0.2, 0.25) is 5.89 Å². The number of imide groups is 1. The molecule has 7 nitrogen and oxygen atoms in total. The molecule has 0 aliphatic carbocycles. The summed E-state index contributed by atoms with van der Waals surface area (Å²) >= 11 is 0. The molecule has 0 spiro atoms. The van der Waals surface area contributed by atoms with Crippen molar-refractivity contribution in [3.63, 3.8) is 0 Å². The summed E-state index contributed by atoms with van der Waals surface area (Å²) in [6, 6.07) is 4.27. The molecule has 0 bridgehead atoms. The molecule has 0 unspecified atom stereocenters. The number of unbranched alkanes of at least 4 members (excludes halogenated alkanes) is 1. The third kappa shape index (κ3) is 3.38. The number of nitrogens with zero attached hydrogens (tertiary/aromatic N) is 4. The van der Waals surface area contributed by atoms with E-state index in [9.17, 15) is 14.0 Å². The highest BCUT2D eigenvalue weighted by Crippen LogP contribution is 2.27. The van der Waals surface area contributed by atoms with Crippen LogP contribution in [0.5, 0.6) is 0 Å². The quantitative estimate of drug-likeness (QED) is 0.752. The Morgan fingerprint density at radius 1 is 1.24 bits per heavy atom. The lowest BCUT2D eigenvalue weighted by molar-refractivity contribution is -0.127. The van der Waals surface area contributed by atoms with Crippen LogP contribution in [0.15, 0.2) is 28.8 Å². The van der Waals surface area contributed by atoms with Crippen LogP contribution >= 0.6 is 0 Å². The zero-order chi connectivity index (χ0) is 18.0. The van der Waals surface area contributed by atoms with Gasteiger partial charge in [0.05, 0.1) is 0 Å². The number of amides is 3. The number of hydrogen-bond donors (Lipinski definition) is 0. The smallest absolute Gasteiger partial charge is 0.332 e. The Bertz CT molecular complexity index is 774. The third-order valence-corrected chi connectivity index (χ3v) is 4.11. The van der Waals surface area contributed by atoms with Crippen LogP contribution in [0.25, 0.3) is 0 Å². The van der Waals surface area contributed by atoms with Gasteiger partial charge in [-0.25, -0.2) is 9.18 Å². The summed E-state index contributed by atoms with van der Waals surface area (Å²) in [5, 5.41) is 3.86. The van der Waals surface area contributed by atoms with E-state index < -0.39 is 17.9 Å². The molecule has 3 amide bonds. The highest BCUT2D eigenvalue weighted by Gasteiger charge is 2.43. The first-order valence-corrected chi connectivity index (χ1v) is 8.23. The van der Waals surface area contributed by atoms with Gasteiger partial charge < -0.3 is 4.52 Å². The minimum absolute atomic E-state index is 0.0706. The van der Waals surface area contributed by atoms with E-state index in [1.165, 1.54) is 29.2 Å². The first-order chi connectivity index (χ1) is 12.0. The molecule has 1 aliphatic rings. The first kappa shape index (κ1) is 17.1. The molecule has 2 heterocycles. The maximum Gasteiger partial charge on any atom is 0.332 e. The second kappa shape index (κ2) is 7.00. The molecular weight excluding hydrogens is 327 g/mol. The summed E-state index contributed by atoms with van der Waals surface area (Å²) < 4.78 is 18.2. The Morgan fingerprint density at radius 2 is 1.96 bits per heavy atom. The molecule has 25 heavy (non-hydrogen) atoms. The van der Waals surface area contributed by atoms with E-state index in [-0.39, 0.29) is 18.3 Å². The lowest BCUT2D eigenvalue weighted by Gasteiger charge is -2.18. The van der Waals surface area contributed by atoms with Gasteiger partial charge in [-0.05, 0) is 37.6 Å². The molecule has 1 aliphatic heterocycles. The number of halogens is 1. The van der Waals surface area contributed by atoms with Crippen LogP contribution in [-0.2, 0) is 17.8 Å². The molecule has 0 radical (unpaired) electrons. The van der Waals surface area contributed by atoms with Crippen molar-refractivity contribution < 1.29 is 18.5 Å². The van der Waals surface area contributed by atoms with Gasteiger partial charge in [0, 0.05) is 12.1 Å². The number of aromatic nitrogens is 2. The van der Waals surface area contributed by atoms with Crippen molar-refractivity contribution in [2.45, 2.75) is 45.7 Å². The van der Waals surface area contributed by atoms with E-state index in [1.54, 1.807) is 6.92 Å². The highest BCUT2D eigenvalue weighted by molar-refractivity contribution is 6.13. The maximum absolute atomic E-state index is 13.1. The van der Waals surface area contributed by atoms with E-state index in [0.717, 1.165) is 17.7 Å². The van der Waals surface area contributed by atoms with Crippen LogP contribution in [0.2, 0.25) is 0 Å². The molecule has 1 fully saturated rings. The standard InChI is InChI=1S/C17H19FN4O3/c1-3-4-5-14-19-15(25-20-14)10-21-16(23)11(2)22(17(21)24)13-8-6-12(18)7-9-13/h6-9,11H,3-5,10H2,1-2H3/t11-/m1/s1. The van der Waals surface area contributed by atoms with E-state index in [1.807, 2.05) is 0 Å². The minimum Gasteiger partial charge on any atom is -0.337 e. The molecule has 1 atom stereocenters. The molecular formula is C17H19FN4O3. The second-order valence-electron chi connectivity index (χ2n) is 5.94. The topological polar surface area (TPSA) is 79.5 Å². The van der Waals surface area contributed by atoms with Crippen LogP contribution in [0, 0.1) is 5.82 Å². The van der Waals surface area contributed by atoms with Gasteiger partial charge in [0.25, 0.3) is 5.91 Å². The summed E-state index contributed by atoms with van der Waals surface area (Å²) in [5.41, 5.74) is 0.462. The summed E-state index contributed by atoms with van der Waals surface area (Å²) in [7, 11) is 0. The number of benzene rings is 1. The number of carbonyl (C=O) groups is 2. The van der Waals surface area contributed by atoms with Crippen molar-refractivity contribution >= 4 is 17.6 Å². The maximum atomic E-state index is 13.1. The number of urea groups is 1. The molecule has 0 saturated carbocycles. The lowest BCUT2D eigenvalue weighted by atomic mass is 10.2. The van der Waals surface area contributed by atoms with Crippen molar-refractivity contribution in [2.24, 2.45) is 0 Å². The van der Waals surface area contributed by atoms with Crippen molar-refractivity contribution in [1.29, 1.82) is 0 Å². The fraction of sp³-hybridized carbons (Fsp3) is 0.412. The van der Waals surface area contributed by atoms with Crippen molar-refractivity contribution in [3.8, 4) is 0 Å². The van der Waals surface area contributed by atoms with Crippen molar-refractivity contribution in [3.05, 3.63) is 41.8 Å². The SMILES string of the molecule is CCCCc1noc(CN2C(=O)[C@@H](C)N(c3ccc(F)cc3)C2=O)n1. The fourth-order valence-electron chi connectivity index (χ4n) is 2.73. The molecule has 1 aromatic carbocycles. The minimum atomic E-state index is -0.680. The molecule has 8 heteroatoms. The zero-order valence-corrected chi connectivity index (χ0v) is 14.1. The number of anilines is 1. The van der Waals surface area contributed by atoms with Crippen LogP contribution in [0.1, 0.15) is 38.4 Å². The van der Waals surface area contributed by atoms with Crippen molar-refractivity contribution in [2.75, 3.05) is 4.90 Å². The Balaban J connectivity index is 1.76. The van der Waals surface area contributed by atoms with Gasteiger partial charge in [0.1, 0.15) is 18.4 Å². The predicted octanol–water partition coefficient (Wildman–Crippen LogP) is 2.91. The zero-order valence-electron chi connectivity index (χ0n) is 14.1. The molecule has 3 rings (SSSR count). The van der Waals surface area contributed by atoms with Gasteiger partial charge in [-0.2, -0.15) is 4.98 Å². The molecule has 1 aromatic heterocycles. The number of carbonyl (C=O) groups excluding carboxylic acids is 2. The Labute approximate surface area is 144 Å². The number of aryl methyl sites for hydroxylation is 1. The van der Waals surface area contributed by atoms with Gasteiger partial charge in [0.15, 0.2) is 5.82 Å². The molecule has 0 N–H and O–H groups in total. The van der Waals surface area contributed by atoms with Gasteiger partial charge >= 0.3 is 6.03 Å². The Morgan fingerprint density at radius 3 is 2.64 bits per heavy atom. The summed E-state index contributed by atoms with van der Waals surface area (Å²) in [6.07, 6.45) is 2.65. The number of rotatable bonds is 6. The second-order valence-corrected chi connectivity index (χ2v) is 5.94.